The molecule has 0 aliphatic carbocycles. The molecule has 1 amide bonds. The smallest absolute Gasteiger partial charge is 0.340 e. The lowest BCUT2D eigenvalue weighted by atomic mass is 10.2. The van der Waals surface area contributed by atoms with Crippen LogP contribution in [-0.2, 0) is 9.53 Å². The number of esters is 1. The highest BCUT2D eigenvalue weighted by molar-refractivity contribution is 6.30. The Balaban J connectivity index is 1.97. The predicted octanol–water partition coefficient (Wildman–Crippen LogP) is 4.13. The van der Waals surface area contributed by atoms with Gasteiger partial charge in [-0.3, -0.25) is 4.79 Å². The van der Waals surface area contributed by atoms with Gasteiger partial charge >= 0.3 is 5.97 Å². The van der Waals surface area contributed by atoms with E-state index in [4.69, 9.17) is 16.3 Å². The number of rotatable bonds is 5. The first kappa shape index (κ1) is 18.1. The summed E-state index contributed by atoms with van der Waals surface area (Å²) >= 11 is 5.79. The number of aryl methyl sites for hydroxylation is 1. The Bertz CT molecular complexity index is 748. The monoisotopic (exact) mass is 348 g/mol. The van der Waals surface area contributed by atoms with E-state index in [1.807, 2.05) is 13.8 Å². The van der Waals surface area contributed by atoms with Crippen LogP contribution in [0.3, 0.4) is 0 Å². The largest absolute Gasteiger partial charge is 0.452 e. The van der Waals surface area contributed by atoms with E-state index in [1.165, 1.54) is 0 Å². The molecule has 2 rings (SSSR count). The standard InChI is InChI=1S/C18H21ClN2O3/c1-11(2)21-12(3)9-16(13(21)4)18(23)24-10-17(22)20-15-7-5-14(19)6-8-15/h5-9,11H,10H2,1-4H3,(H,20,22). The van der Waals surface area contributed by atoms with Crippen LogP contribution in [-0.4, -0.2) is 23.1 Å². The van der Waals surface area contributed by atoms with Gasteiger partial charge in [-0.2, -0.15) is 0 Å². The van der Waals surface area contributed by atoms with Crippen molar-refractivity contribution in [3.05, 3.63) is 52.3 Å². The zero-order valence-electron chi connectivity index (χ0n) is 14.2. The maximum absolute atomic E-state index is 12.2. The molecular formula is C18H21ClN2O3. The summed E-state index contributed by atoms with van der Waals surface area (Å²) in [5.41, 5.74) is 2.91. The molecule has 0 spiro atoms. The molecule has 5 nitrogen and oxygen atoms in total. The second kappa shape index (κ2) is 7.53. The predicted molar refractivity (Wildman–Crippen MR) is 94.7 cm³/mol. The number of aromatic nitrogens is 1. The van der Waals surface area contributed by atoms with Gasteiger partial charge in [0.05, 0.1) is 5.56 Å². The summed E-state index contributed by atoms with van der Waals surface area (Å²) < 4.78 is 7.18. The summed E-state index contributed by atoms with van der Waals surface area (Å²) in [5.74, 6) is -0.899. The van der Waals surface area contributed by atoms with Crippen molar-refractivity contribution in [3.8, 4) is 0 Å². The zero-order valence-corrected chi connectivity index (χ0v) is 15.0. The van der Waals surface area contributed by atoms with Crippen LogP contribution < -0.4 is 5.32 Å². The Kier molecular flexibility index (Phi) is 5.67. The molecule has 0 aliphatic rings. The number of nitrogens with one attached hydrogen (secondary N) is 1. The van der Waals surface area contributed by atoms with Gasteiger partial charge < -0.3 is 14.6 Å². The van der Waals surface area contributed by atoms with Crippen LogP contribution in [0.5, 0.6) is 0 Å². The van der Waals surface area contributed by atoms with Crippen molar-refractivity contribution in [2.45, 2.75) is 33.7 Å². The molecule has 0 saturated heterocycles. The molecule has 6 heteroatoms. The lowest BCUT2D eigenvalue weighted by molar-refractivity contribution is -0.119. The van der Waals surface area contributed by atoms with Gasteiger partial charge in [-0.25, -0.2) is 4.79 Å². The molecule has 0 aliphatic heterocycles. The Morgan fingerprint density at radius 1 is 1.21 bits per heavy atom. The van der Waals surface area contributed by atoms with Gasteiger partial charge in [-0.1, -0.05) is 11.6 Å². The lowest BCUT2D eigenvalue weighted by Crippen LogP contribution is -2.21. The van der Waals surface area contributed by atoms with Gasteiger partial charge in [-0.05, 0) is 58.0 Å². The first-order valence-corrected chi connectivity index (χ1v) is 8.08. The molecule has 1 aromatic heterocycles. The van der Waals surface area contributed by atoms with E-state index in [2.05, 4.69) is 23.7 Å². The van der Waals surface area contributed by atoms with E-state index in [0.717, 1.165) is 11.4 Å². The van der Waals surface area contributed by atoms with E-state index >= 15 is 0 Å². The number of ether oxygens (including phenoxy) is 1. The third kappa shape index (κ3) is 4.17. The normalized spacial score (nSPS) is 10.8. The fourth-order valence-electron chi connectivity index (χ4n) is 2.72. The summed E-state index contributed by atoms with van der Waals surface area (Å²) in [5, 5.41) is 3.23. The minimum absolute atomic E-state index is 0.250. The number of hydrogen-bond acceptors (Lipinski definition) is 3. The highest BCUT2D eigenvalue weighted by Crippen LogP contribution is 2.21. The van der Waals surface area contributed by atoms with Gasteiger partial charge in [0.25, 0.3) is 5.91 Å². The summed E-state index contributed by atoms with van der Waals surface area (Å²) in [7, 11) is 0. The molecule has 2 aromatic rings. The van der Waals surface area contributed by atoms with Crippen LogP contribution >= 0.6 is 11.6 Å². The molecule has 0 unspecified atom stereocenters. The summed E-state index contributed by atoms with van der Waals surface area (Å²) in [6, 6.07) is 8.74. The maximum atomic E-state index is 12.2. The second-order valence-electron chi connectivity index (χ2n) is 5.88. The number of amides is 1. The van der Waals surface area contributed by atoms with Crippen LogP contribution in [0, 0.1) is 13.8 Å². The number of benzene rings is 1. The van der Waals surface area contributed by atoms with Gasteiger partial charge in [0, 0.05) is 28.1 Å². The van der Waals surface area contributed by atoms with E-state index in [-0.39, 0.29) is 12.6 Å². The lowest BCUT2D eigenvalue weighted by Gasteiger charge is -2.13. The third-order valence-corrected chi connectivity index (χ3v) is 3.93. The first-order valence-electron chi connectivity index (χ1n) is 7.70. The van der Waals surface area contributed by atoms with Crippen LogP contribution in [0.4, 0.5) is 5.69 Å². The highest BCUT2D eigenvalue weighted by atomic mass is 35.5. The fourth-order valence-corrected chi connectivity index (χ4v) is 2.84. The average Bonchev–Trinajstić information content (AvgIpc) is 2.82. The molecule has 24 heavy (non-hydrogen) atoms. The van der Waals surface area contributed by atoms with Crippen molar-refractivity contribution in [3.63, 3.8) is 0 Å². The van der Waals surface area contributed by atoms with Crippen molar-refractivity contribution in [2.24, 2.45) is 0 Å². The van der Waals surface area contributed by atoms with E-state index in [9.17, 15) is 9.59 Å². The van der Waals surface area contributed by atoms with Gasteiger partial charge in [-0.15, -0.1) is 0 Å². The van der Waals surface area contributed by atoms with Crippen molar-refractivity contribution in [2.75, 3.05) is 11.9 Å². The SMILES string of the molecule is Cc1cc(C(=O)OCC(=O)Nc2ccc(Cl)cc2)c(C)n1C(C)C. The Morgan fingerprint density at radius 3 is 2.38 bits per heavy atom. The van der Waals surface area contributed by atoms with Crippen molar-refractivity contribution in [1.29, 1.82) is 0 Å². The minimum Gasteiger partial charge on any atom is -0.452 e. The molecule has 1 heterocycles. The zero-order chi connectivity index (χ0) is 17.9. The number of carbonyl (C=O) groups excluding carboxylic acids is 2. The van der Waals surface area contributed by atoms with Gasteiger partial charge in [0.15, 0.2) is 6.61 Å². The molecule has 0 fully saturated rings. The average molecular weight is 349 g/mol. The van der Waals surface area contributed by atoms with Gasteiger partial charge in [0.1, 0.15) is 0 Å². The van der Waals surface area contributed by atoms with Crippen LogP contribution in [0.25, 0.3) is 0 Å². The number of carbonyl (C=O) groups is 2. The molecule has 128 valence electrons. The minimum atomic E-state index is -0.499. The molecule has 1 N–H and O–H groups in total. The van der Waals surface area contributed by atoms with Gasteiger partial charge in [0.2, 0.25) is 0 Å². The molecule has 0 radical (unpaired) electrons. The second-order valence-corrected chi connectivity index (χ2v) is 6.32. The molecule has 0 bridgehead atoms. The maximum Gasteiger partial charge on any atom is 0.340 e. The number of hydrogen-bond donors (Lipinski definition) is 1. The fraction of sp³-hybridized carbons (Fsp3) is 0.333. The van der Waals surface area contributed by atoms with Crippen LogP contribution in [0.2, 0.25) is 5.02 Å². The van der Waals surface area contributed by atoms with Crippen LogP contribution in [0.1, 0.15) is 41.6 Å². The number of anilines is 1. The molecule has 1 aromatic carbocycles. The Labute approximate surface area is 146 Å². The van der Waals surface area contributed by atoms with E-state index < -0.39 is 11.9 Å². The summed E-state index contributed by atoms with van der Waals surface area (Å²) in [4.78, 5) is 24.1. The summed E-state index contributed by atoms with van der Waals surface area (Å²) in [6.45, 7) is 7.57. The topological polar surface area (TPSA) is 60.3 Å². The Morgan fingerprint density at radius 2 is 1.83 bits per heavy atom. The molecule has 0 atom stereocenters. The highest BCUT2D eigenvalue weighted by Gasteiger charge is 2.19. The van der Waals surface area contributed by atoms with Crippen molar-refractivity contribution < 1.29 is 14.3 Å². The van der Waals surface area contributed by atoms with E-state index in [1.54, 1.807) is 30.3 Å². The van der Waals surface area contributed by atoms with E-state index in [0.29, 0.717) is 16.3 Å². The first-order chi connectivity index (χ1) is 11.3. The van der Waals surface area contributed by atoms with Crippen molar-refractivity contribution >= 4 is 29.2 Å². The summed E-state index contributed by atoms with van der Waals surface area (Å²) in [6.07, 6.45) is 0. The quantitative estimate of drug-likeness (QED) is 0.826. The molecular weight excluding hydrogens is 328 g/mol. The number of halogens is 1. The third-order valence-electron chi connectivity index (χ3n) is 3.68. The molecule has 0 saturated carbocycles. The number of nitrogens with zero attached hydrogens (tertiary/aromatic N) is 1. The van der Waals surface area contributed by atoms with Crippen LogP contribution in [0.15, 0.2) is 30.3 Å². The van der Waals surface area contributed by atoms with Crippen molar-refractivity contribution in [1.82, 2.24) is 4.57 Å². The Hall–Kier alpha value is -2.27.